The third-order valence-electron chi connectivity index (χ3n) is 3.55. The summed E-state index contributed by atoms with van der Waals surface area (Å²) in [5.41, 5.74) is 7.06. The zero-order valence-corrected chi connectivity index (χ0v) is 10.8. The van der Waals surface area contributed by atoms with Crippen LogP contribution in [0.25, 0.3) is 11.2 Å². The average molecular weight is 263 g/mol. The molecular weight excluding hydrogens is 246 g/mol. The van der Waals surface area contributed by atoms with E-state index in [-0.39, 0.29) is 12.6 Å². The summed E-state index contributed by atoms with van der Waals surface area (Å²) >= 11 is 0. The first-order valence-corrected chi connectivity index (χ1v) is 6.46. The number of aliphatic hydroxyl groups excluding tert-OH is 1. The highest BCUT2D eigenvalue weighted by Crippen LogP contribution is 2.39. The van der Waals surface area contributed by atoms with Crippen LogP contribution in [-0.4, -0.2) is 37.8 Å². The van der Waals surface area contributed by atoms with Crippen molar-refractivity contribution in [2.45, 2.75) is 25.8 Å². The van der Waals surface area contributed by atoms with E-state index in [0.717, 1.165) is 12.8 Å². The number of ether oxygens (including phenoxy) is 1. The molecule has 2 heterocycles. The van der Waals surface area contributed by atoms with Gasteiger partial charge in [0.15, 0.2) is 11.2 Å². The van der Waals surface area contributed by atoms with Crippen LogP contribution < -0.4 is 10.5 Å². The maximum atomic E-state index is 9.08. The number of fused-ring (bicyclic) bond motifs is 1. The number of anilines is 1. The Hall–Kier alpha value is -1.89. The van der Waals surface area contributed by atoms with Crippen LogP contribution >= 0.6 is 0 Å². The maximum Gasteiger partial charge on any atom is 0.247 e. The van der Waals surface area contributed by atoms with Gasteiger partial charge in [0, 0.05) is 12.6 Å². The van der Waals surface area contributed by atoms with Gasteiger partial charge in [0.25, 0.3) is 0 Å². The molecule has 2 aromatic rings. The van der Waals surface area contributed by atoms with Crippen molar-refractivity contribution in [1.82, 2.24) is 19.5 Å². The van der Waals surface area contributed by atoms with Crippen molar-refractivity contribution in [1.29, 1.82) is 0 Å². The van der Waals surface area contributed by atoms with E-state index in [1.165, 1.54) is 0 Å². The number of nitrogens with two attached hydrogens (primary N) is 1. The smallest absolute Gasteiger partial charge is 0.247 e. The minimum atomic E-state index is 0.190. The Morgan fingerprint density at radius 3 is 2.95 bits per heavy atom. The number of hydrogen-bond donors (Lipinski definition) is 2. The monoisotopic (exact) mass is 263 g/mol. The standard InChI is InChI=1S/C12H17N5O2/c1-2-19-11-9-10(15-12(13)16-11)17(6-14-9)8-3-7(4-8)5-18/h6-8,18H,2-5H2,1H3,(H2,13,15,16)/t7-,8+. The Kier molecular flexibility index (Phi) is 2.98. The molecule has 19 heavy (non-hydrogen) atoms. The highest BCUT2D eigenvalue weighted by atomic mass is 16.5. The van der Waals surface area contributed by atoms with Crippen molar-refractivity contribution in [3.8, 4) is 5.88 Å². The molecule has 1 aliphatic carbocycles. The normalized spacial score (nSPS) is 22.4. The predicted octanol–water partition coefficient (Wildman–Crippen LogP) is 0.751. The Labute approximate surface area is 110 Å². The van der Waals surface area contributed by atoms with E-state index in [9.17, 15) is 0 Å². The molecule has 0 unspecified atom stereocenters. The maximum absolute atomic E-state index is 9.08. The second kappa shape index (κ2) is 4.65. The minimum absolute atomic E-state index is 0.190. The van der Waals surface area contributed by atoms with Gasteiger partial charge in [-0.3, -0.25) is 0 Å². The molecule has 0 saturated heterocycles. The molecule has 0 aliphatic heterocycles. The summed E-state index contributed by atoms with van der Waals surface area (Å²) in [7, 11) is 0. The van der Waals surface area contributed by atoms with Gasteiger partial charge >= 0.3 is 0 Å². The van der Waals surface area contributed by atoms with Gasteiger partial charge in [-0.05, 0) is 25.7 Å². The van der Waals surface area contributed by atoms with E-state index in [2.05, 4.69) is 15.0 Å². The van der Waals surface area contributed by atoms with Crippen LogP contribution in [0.5, 0.6) is 5.88 Å². The summed E-state index contributed by atoms with van der Waals surface area (Å²) in [6.45, 7) is 2.64. The lowest BCUT2D eigenvalue weighted by Gasteiger charge is -2.34. The van der Waals surface area contributed by atoms with Gasteiger partial charge in [-0.1, -0.05) is 0 Å². The lowest BCUT2D eigenvalue weighted by Crippen LogP contribution is -2.28. The molecule has 7 heteroatoms. The Morgan fingerprint density at radius 1 is 1.47 bits per heavy atom. The van der Waals surface area contributed by atoms with Crippen LogP contribution in [0.1, 0.15) is 25.8 Å². The molecule has 0 spiro atoms. The molecule has 2 aromatic heterocycles. The van der Waals surface area contributed by atoms with E-state index >= 15 is 0 Å². The highest BCUT2D eigenvalue weighted by molar-refractivity contribution is 5.77. The summed E-state index contributed by atoms with van der Waals surface area (Å²) in [6, 6.07) is 0.325. The molecule has 3 rings (SSSR count). The Morgan fingerprint density at radius 2 is 2.26 bits per heavy atom. The van der Waals surface area contributed by atoms with Gasteiger partial charge in [-0.25, -0.2) is 4.98 Å². The zero-order valence-electron chi connectivity index (χ0n) is 10.8. The summed E-state index contributed by atoms with van der Waals surface area (Å²) in [5.74, 6) is 1.01. The molecule has 0 amide bonds. The van der Waals surface area contributed by atoms with E-state index in [1.807, 2.05) is 11.5 Å². The SMILES string of the molecule is CCOc1nc(N)nc2c1ncn2[C@H]1C[C@@H](CO)C1. The first-order valence-electron chi connectivity index (χ1n) is 6.46. The van der Waals surface area contributed by atoms with Gasteiger partial charge < -0.3 is 20.1 Å². The third kappa shape index (κ3) is 1.99. The third-order valence-corrected chi connectivity index (χ3v) is 3.55. The molecule has 0 atom stereocenters. The van der Waals surface area contributed by atoms with Crippen LogP contribution in [0.3, 0.4) is 0 Å². The fourth-order valence-electron chi connectivity index (χ4n) is 2.49. The number of aliphatic hydroxyl groups is 1. The molecule has 0 bridgehead atoms. The molecule has 3 N–H and O–H groups in total. The van der Waals surface area contributed by atoms with Crippen LogP contribution in [0.2, 0.25) is 0 Å². The second-order valence-electron chi connectivity index (χ2n) is 4.82. The first-order chi connectivity index (χ1) is 9.22. The van der Waals surface area contributed by atoms with Gasteiger partial charge in [0.1, 0.15) is 0 Å². The van der Waals surface area contributed by atoms with Crippen molar-refractivity contribution in [3.05, 3.63) is 6.33 Å². The summed E-state index contributed by atoms with van der Waals surface area (Å²) in [5, 5.41) is 9.08. The van der Waals surface area contributed by atoms with Gasteiger partial charge in [0.05, 0.1) is 12.9 Å². The van der Waals surface area contributed by atoms with Crippen molar-refractivity contribution in [2.24, 2.45) is 5.92 Å². The zero-order chi connectivity index (χ0) is 13.4. The van der Waals surface area contributed by atoms with E-state index in [1.54, 1.807) is 6.33 Å². The number of hydrogen-bond acceptors (Lipinski definition) is 6. The predicted molar refractivity (Wildman–Crippen MR) is 69.8 cm³/mol. The fraction of sp³-hybridized carbons (Fsp3) is 0.583. The lowest BCUT2D eigenvalue weighted by molar-refractivity contribution is 0.114. The average Bonchev–Trinajstić information content (AvgIpc) is 2.72. The molecule has 7 nitrogen and oxygen atoms in total. The molecule has 1 aliphatic rings. The van der Waals surface area contributed by atoms with E-state index < -0.39 is 0 Å². The number of imidazole rings is 1. The van der Waals surface area contributed by atoms with Gasteiger partial charge in [0.2, 0.25) is 11.8 Å². The van der Waals surface area contributed by atoms with Crippen molar-refractivity contribution in [3.63, 3.8) is 0 Å². The van der Waals surface area contributed by atoms with Gasteiger partial charge in [-0.2, -0.15) is 9.97 Å². The molecule has 1 fully saturated rings. The number of aromatic nitrogens is 4. The molecular formula is C12H17N5O2. The Bertz CT molecular complexity index is 591. The first kappa shape index (κ1) is 12.2. The van der Waals surface area contributed by atoms with E-state index in [4.69, 9.17) is 15.6 Å². The van der Waals surface area contributed by atoms with Crippen LogP contribution in [0.15, 0.2) is 6.33 Å². The second-order valence-corrected chi connectivity index (χ2v) is 4.82. The Balaban J connectivity index is 1.98. The lowest BCUT2D eigenvalue weighted by atomic mass is 9.81. The number of nitrogen functional groups attached to an aromatic ring is 1. The summed E-state index contributed by atoms with van der Waals surface area (Å²) in [6.07, 6.45) is 3.63. The summed E-state index contributed by atoms with van der Waals surface area (Å²) in [4.78, 5) is 12.7. The number of nitrogens with zero attached hydrogens (tertiary/aromatic N) is 4. The number of rotatable bonds is 4. The fourth-order valence-corrected chi connectivity index (χ4v) is 2.49. The topological polar surface area (TPSA) is 99.1 Å². The van der Waals surface area contributed by atoms with E-state index in [0.29, 0.717) is 35.6 Å². The molecule has 0 radical (unpaired) electrons. The van der Waals surface area contributed by atoms with Crippen LogP contribution in [-0.2, 0) is 0 Å². The van der Waals surface area contributed by atoms with Crippen molar-refractivity contribution >= 4 is 17.1 Å². The van der Waals surface area contributed by atoms with Crippen molar-refractivity contribution < 1.29 is 9.84 Å². The van der Waals surface area contributed by atoms with Crippen LogP contribution in [0, 0.1) is 5.92 Å². The van der Waals surface area contributed by atoms with Crippen molar-refractivity contribution in [2.75, 3.05) is 18.9 Å². The summed E-state index contributed by atoms with van der Waals surface area (Å²) < 4.78 is 7.44. The quantitative estimate of drug-likeness (QED) is 0.844. The molecule has 1 saturated carbocycles. The van der Waals surface area contributed by atoms with Gasteiger partial charge in [-0.15, -0.1) is 0 Å². The minimum Gasteiger partial charge on any atom is -0.476 e. The molecule has 102 valence electrons. The highest BCUT2D eigenvalue weighted by Gasteiger charge is 2.31. The molecule has 0 aromatic carbocycles. The van der Waals surface area contributed by atoms with Crippen LogP contribution in [0.4, 0.5) is 5.95 Å². The largest absolute Gasteiger partial charge is 0.476 e.